The van der Waals surface area contributed by atoms with Crippen LogP contribution in [-0.4, -0.2) is 76.0 Å². The molecule has 1 atom stereocenters. The Balaban J connectivity index is 1.28. The van der Waals surface area contributed by atoms with Gasteiger partial charge in [-0.2, -0.15) is 4.98 Å². The van der Waals surface area contributed by atoms with Gasteiger partial charge in [-0.15, -0.1) is 0 Å². The predicted molar refractivity (Wildman–Crippen MR) is 123 cm³/mol. The van der Waals surface area contributed by atoms with Crippen LogP contribution in [0.1, 0.15) is 37.4 Å². The molecule has 0 N–H and O–H groups in total. The highest BCUT2D eigenvalue weighted by molar-refractivity contribution is 6.44. The fourth-order valence-electron chi connectivity index (χ4n) is 4.30. The number of benzene rings is 1. The second-order valence-electron chi connectivity index (χ2n) is 9.14. The van der Waals surface area contributed by atoms with Gasteiger partial charge in [0.2, 0.25) is 11.8 Å². The molecule has 5 rings (SSSR count). The number of cyclic esters (lactones) is 1. The van der Waals surface area contributed by atoms with E-state index < -0.39 is 29.9 Å². The molecular formula is C24H25N5O8. The summed E-state index contributed by atoms with van der Waals surface area (Å²) >= 11 is 0. The van der Waals surface area contributed by atoms with E-state index in [0.29, 0.717) is 17.9 Å². The highest BCUT2D eigenvalue weighted by Gasteiger charge is 2.46. The van der Waals surface area contributed by atoms with Gasteiger partial charge < -0.3 is 18.9 Å². The minimum absolute atomic E-state index is 0.0311. The molecule has 1 aliphatic carbocycles. The van der Waals surface area contributed by atoms with Crippen molar-refractivity contribution in [2.24, 2.45) is 5.92 Å². The minimum atomic E-state index is -0.949. The summed E-state index contributed by atoms with van der Waals surface area (Å²) in [4.78, 5) is 69.4. The Morgan fingerprint density at radius 3 is 2.57 bits per heavy atom. The zero-order chi connectivity index (χ0) is 26.1. The van der Waals surface area contributed by atoms with E-state index in [4.69, 9.17) is 14.0 Å². The van der Waals surface area contributed by atoms with E-state index in [0.717, 1.165) is 22.6 Å². The van der Waals surface area contributed by atoms with Crippen LogP contribution in [0.3, 0.4) is 0 Å². The molecule has 0 radical (unpaired) electrons. The van der Waals surface area contributed by atoms with E-state index >= 15 is 0 Å². The summed E-state index contributed by atoms with van der Waals surface area (Å²) in [5, 5.41) is 3.81. The molecule has 3 fully saturated rings. The molecule has 1 saturated carbocycles. The van der Waals surface area contributed by atoms with E-state index in [1.165, 1.54) is 12.0 Å². The van der Waals surface area contributed by atoms with Crippen molar-refractivity contribution in [3.63, 3.8) is 0 Å². The van der Waals surface area contributed by atoms with Gasteiger partial charge in [-0.05, 0) is 37.3 Å². The molecule has 3 heterocycles. The molecule has 1 aromatic carbocycles. The molecule has 3 aliphatic rings. The average Bonchev–Trinajstić information content (AvgIpc) is 3.40. The number of amides is 5. The number of carbonyl (C=O) groups is 5. The maximum atomic E-state index is 13.3. The molecule has 2 saturated heterocycles. The van der Waals surface area contributed by atoms with E-state index in [9.17, 15) is 24.0 Å². The Hall–Kier alpha value is -4.29. The molecule has 0 bridgehead atoms. The lowest BCUT2D eigenvalue weighted by Gasteiger charge is -2.26. The summed E-state index contributed by atoms with van der Waals surface area (Å²) in [5.41, 5.74) is 0.490. The van der Waals surface area contributed by atoms with Crippen molar-refractivity contribution in [3.8, 4) is 5.75 Å². The number of carbonyl (C=O) groups excluding carboxylic acids is 5. The molecule has 37 heavy (non-hydrogen) atoms. The smallest absolute Gasteiger partial charge is 0.334 e. The van der Waals surface area contributed by atoms with Crippen LogP contribution >= 0.6 is 0 Å². The second-order valence-corrected chi connectivity index (χ2v) is 9.14. The van der Waals surface area contributed by atoms with Crippen molar-refractivity contribution < 1.29 is 38.0 Å². The van der Waals surface area contributed by atoms with E-state index in [1.807, 2.05) is 0 Å². The molecule has 13 nitrogen and oxygen atoms in total. The van der Waals surface area contributed by atoms with Crippen LogP contribution in [0, 0.1) is 5.92 Å². The number of anilines is 1. The number of nitrogens with zero attached hydrogens (tertiary/aromatic N) is 5. The number of urea groups is 1. The fourth-order valence-corrected chi connectivity index (χ4v) is 4.30. The highest BCUT2D eigenvalue weighted by atomic mass is 16.5. The van der Waals surface area contributed by atoms with Crippen LogP contribution in [0.2, 0.25) is 0 Å². The Bertz CT molecular complexity index is 1260. The summed E-state index contributed by atoms with van der Waals surface area (Å²) < 4.78 is 15.9. The lowest BCUT2D eigenvalue weighted by Crippen LogP contribution is -2.39. The summed E-state index contributed by atoms with van der Waals surface area (Å²) in [6.45, 7) is -0.0377. The van der Waals surface area contributed by atoms with E-state index in [-0.39, 0.29) is 56.1 Å². The normalized spacial score (nSPS) is 19.5. The van der Waals surface area contributed by atoms with Gasteiger partial charge in [0.05, 0.1) is 25.8 Å². The molecule has 194 valence electrons. The number of para-hydroxylation sites is 2. The number of methoxy groups -OCH3 is 1. The van der Waals surface area contributed by atoms with Crippen LogP contribution in [-0.2, 0) is 36.9 Å². The predicted octanol–water partition coefficient (Wildman–Crippen LogP) is 1.06. The second kappa shape index (κ2) is 9.99. The van der Waals surface area contributed by atoms with Crippen molar-refractivity contribution in [3.05, 3.63) is 36.0 Å². The lowest BCUT2D eigenvalue weighted by atomic mass is 10.2. The number of aromatic nitrogens is 2. The van der Waals surface area contributed by atoms with Crippen molar-refractivity contribution in [2.75, 3.05) is 25.1 Å². The standard InChI is InChI=1S/C24H25N5O8/c1-35-17-5-3-2-4-16(17)27(12-15-8-9-21(31)36-15)20(30)10-18-25-19(37-26-18)13-29-23(33)22(32)28(24(29)34)11-14-6-7-14/h2-5,14-15H,6-13H2,1H3. The van der Waals surface area contributed by atoms with Gasteiger partial charge in [0.1, 0.15) is 18.4 Å². The summed E-state index contributed by atoms with van der Waals surface area (Å²) in [7, 11) is 1.49. The minimum Gasteiger partial charge on any atom is -0.495 e. The fraction of sp³-hybridized carbons (Fsp3) is 0.458. The molecule has 2 aromatic rings. The van der Waals surface area contributed by atoms with Crippen LogP contribution in [0.15, 0.2) is 28.8 Å². The van der Waals surface area contributed by atoms with E-state index in [2.05, 4.69) is 10.1 Å². The van der Waals surface area contributed by atoms with Gasteiger partial charge in [-0.3, -0.25) is 24.1 Å². The van der Waals surface area contributed by atoms with Crippen LogP contribution in [0.4, 0.5) is 10.5 Å². The number of hydrogen-bond donors (Lipinski definition) is 0. The van der Waals surface area contributed by atoms with Gasteiger partial charge >= 0.3 is 23.8 Å². The zero-order valence-electron chi connectivity index (χ0n) is 20.1. The monoisotopic (exact) mass is 511 g/mol. The third-order valence-corrected chi connectivity index (χ3v) is 6.42. The molecule has 1 unspecified atom stereocenters. The molecule has 1 aromatic heterocycles. The summed E-state index contributed by atoms with van der Waals surface area (Å²) in [6.07, 6.45) is 1.87. The number of ether oxygens (including phenoxy) is 2. The largest absolute Gasteiger partial charge is 0.495 e. The first-order valence-electron chi connectivity index (χ1n) is 12.0. The number of rotatable bonds is 10. The van der Waals surface area contributed by atoms with E-state index in [1.54, 1.807) is 24.3 Å². The van der Waals surface area contributed by atoms with Crippen molar-refractivity contribution >= 4 is 35.4 Å². The van der Waals surface area contributed by atoms with Crippen molar-refractivity contribution in [2.45, 2.75) is 44.8 Å². The third-order valence-electron chi connectivity index (χ3n) is 6.42. The molecule has 5 amide bonds. The Morgan fingerprint density at radius 2 is 1.86 bits per heavy atom. The van der Waals surface area contributed by atoms with Crippen LogP contribution < -0.4 is 9.64 Å². The molecule has 0 spiro atoms. The maximum absolute atomic E-state index is 13.3. The van der Waals surface area contributed by atoms with Crippen molar-refractivity contribution in [1.29, 1.82) is 0 Å². The zero-order valence-corrected chi connectivity index (χ0v) is 20.1. The highest BCUT2D eigenvalue weighted by Crippen LogP contribution is 2.32. The molecule has 13 heteroatoms. The SMILES string of the molecule is COc1ccccc1N(CC1CCC(=O)O1)C(=O)Cc1noc(CN2C(=O)C(=O)N(CC3CC3)C2=O)n1. The number of imide groups is 2. The summed E-state index contributed by atoms with van der Waals surface area (Å²) in [5.74, 6) is -1.90. The first-order valence-corrected chi connectivity index (χ1v) is 12.0. The molecular weight excluding hydrogens is 486 g/mol. The Labute approximate surface area is 211 Å². The Morgan fingerprint density at radius 1 is 1.11 bits per heavy atom. The lowest BCUT2D eigenvalue weighted by molar-refractivity contribution is -0.143. The number of hydrogen-bond acceptors (Lipinski definition) is 10. The topological polar surface area (TPSA) is 152 Å². The average molecular weight is 511 g/mol. The van der Waals surface area contributed by atoms with Gasteiger partial charge in [0, 0.05) is 13.0 Å². The van der Waals surface area contributed by atoms with Gasteiger partial charge in [0.15, 0.2) is 5.82 Å². The quantitative estimate of drug-likeness (QED) is 0.257. The van der Waals surface area contributed by atoms with Crippen LogP contribution in [0.5, 0.6) is 5.75 Å². The maximum Gasteiger partial charge on any atom is 0.334 e. The molecule has 2 aliphatic heterocycles. The number of esters is 1. The van der Waals surface area contributed by atoms with Gasteiger partial charge in [0.25, 0.3) is 0 Å². The first kappa shape index (κ1) is 24.4. The van der Waals surface area contributed by atoms with Gasteiger partial charge in [-0.1, -0.05) is 17.3 Å². The first-order chi connectivity index (χ1) is 17.8. The van der Waals surface area contributed by atoms with Gasteiger partial charge in [-0.25, -0.2) is 9.69 Å². The third kappa shape index (κ3) is 5.15. The van der Waals surface area contributed by atoms with Crippen molar-refractivity contribution in [1.82, 2.24) is 19.9 Å². The Kier molecular flexibility index (Phi) is 6.59. The van der Waals surface area contributed by atoms with Crippen LogP contribution in [0.25, 0.3) is 0 Å². The summed E-state index contributed by atoms with van der Waals surface area (Å²) in [6, 6.07) is 6.23.